The summed E-state index contributed by atoms with van der Waals surface area (Å²) >= 11 is 0. The molecule has 2 aliphatic rings. The van der Waals surface area contributed by atoms with Crippen LogP contribution in [0.25, 0.3) is 0 Å². The summed E-state index contributed by atoms with van der Waals surface area (Å²) in [6, 6.07) is 11.4. The predicted octanol–water partition coefficient (Wildman–Crippen LogP) is 1.95. The van der Waals surface area contributed by atoms with Crippen LogP contribution in [0.5, 0.6) is 5.75 Å². The Balaban J connectivity index is 1.50. The number of hydrogen-bond donors (Lipinski definition) is 2. The lowest BCUT2D eigenvalue weighted by atomic mass is 10.0. The number of rotatable bonds is 5. The molecule has 1 fully saturated rings. The minimum Gasteiger partial charge on any atom is -0.496 e. The summed E-state index contributed by atoms with van der Waals surface area (Å²) in [5, 5.41) is 5.24. The Morgan fingerprint density at radius 1 is 1.19 bits per heavy atom. The van der Waals surface area contributed by atoms with Gasteiger partial charge in [-0.25, -0.2) is 0 Å². The molecule has 2 atom stereocenters. The first kappa shape index (κ1) is 20.6. The molecule has 0 saturated carbocycles. The zero-order valence-electron chi connectivity index (χ0n) is 17.3. The van der Waals surface area contributed by atoms with Crippen molar-refractivity contribution in [3.8, 4) is 5.75 Å². The van der Waals surface area contributed by atoms with Gasteiger partial charge in [0.2, 0.25) is 11.8 Å². The summed E-state index contributed by atoms with van der Waals surface area (Å²) < 4.78 is 5.36. The molecule has 1 saturated heterocycles. The highest BCUT2D eigenvalue weighted by Gasteiger charge is 2.39. The average Bonchev–Trinajstić information content (AvgIpc) is 3.09. The van der Waals surface area contributed by atoms with Crippen molar-refractivity contribution < 1.29 is 23.9 Å². The van der Waals surface area contributed by atoms with E-state index in [4.69, 9.17) is 4.74 Å². The third kappa shape index (κ3) is 3.88. The molecule has 2 aliphatic heterocycles. The van der Waals surface area contributed by atoms with Crippen LogP contribution in [0.4, 0.5) is 0 Å². The topological polar surface area (TPSA) is 105 Å². The van der Waals surface area contributed by atoms with Crippen molar-refractivity contribution in [2.75, 3.05) is 7.11 Å². The fraction of sp³-hybridized carbons (Fsp3) is 0.304. The summed E-state index contributed by atoms with van der Waals surface area (Å²) in [5.41, 5.74) is 2.45. The molecule has 0 spiro atoms. The molecule has 31 heavy (non-hydrogen) atoms. The van der Waals surface area contributed by atoms with Gasteiger partial charge in [0.1, 0.15) is 11.8 Å². The van der Waals surface area contributed by atoms with Crippen LogP contribution < -0.4 is 15.4 Å². The Kier molecular flexibility index (Phi) is 5.46. The molecule has 160 valence electrons. The summed E-state index contributed by atoms with van der Waals surface area (Å²) in [4.78, 5) is 50.6. The average molecular weight is 421 g/mol. The SMILES string of the molecule is COc1ccccc1[C@H](C)NC(=O)c1ccc2c(c1)CN(C1CCC(=O)NC1=O)C2=O. The van der Waals surface area contributed by atoms with E-state index in [0.717, 1.165) is 5.56 Å². The highest BCUT2D eigenvalue weighted by molar-refractivity contribution is 6.06. The minimum atomic E-state index is -0.680. The second-order valence-corrected chi connectivity index (χ2v) is 7.71. The molecular formula is C23H23N3O5. The van der Waals surface area contributed by atoms with Gasteiger partial charge in [0, 0.05) is 29.7 Å². The fourth-order valence-corrected chi connectivity index (χ4v) is 4.10. The summed E-state index contributed by atoms with van der Waals surface area (Å²) in [5.74, 6) is -0.628. The number of nitrogens with zero attached hydrogens (tertiary/aromatic N) is 1. The highest BCUT2D eigenvalue weighted by Crippen LogP contribution is 2.29. The lowest BCUT2D eigenvalue weighted by molar-refractivity contribution is -0.136. The lowest BCUT2D eigenvalue weighted by Gasteiger charge is -2.29. The van der Waals surface area contributed by atoms with Crippen LogP contribution in [0.3, 0.4) is 0 Å². The monoisotopic (exact) mass is 421 g/mol. The Morgan fingerprint density at radius 3 is 2.71 bits per heavy atom. The van der Waals surface area contributed by atoms with Gasteiger partial charge in [0.25, 0.3) is 11.8 Å². The van der Waals surface area contributed by atoms with E-state index in [-0.39, 0.29) is 36.7 Å². The van der Waals surface area contributed by atoms with E-state index >= 15 is 0 Å². The molecule has 8 heteroatoms. The number of carbonyl (C=O) groups excluding carboxylic acids is 4. The van der Waals surface area contributed by atoms with Gasteiger partial charge < -0.3 is 15.0 Å². The van der Waals surface area contributed by atoms with Crippen molar-refractivity contribution in [3.63, 3.8) is 0 Å². The Labute approximate surface area is 179 Å². The smallest absolute Gasteiger partial charge is 0.255 e. The number of ether oxygens (including phenoxy) is 1. The van der Waals surface area contributed by atoms with Crippen LogP contribution in [0.2, 0.25) is 0 Å². The van der Waals surface area contributed by atoms with Gasteiger partial charge in [-0.3, -0.25) is 24.5 Å². The number of amides is 4. The Bertz CT molecular complexity index is 1080. The van der Waals surface area contributed by atoms with Gasteiger partial charge in [-0.2, -0.15) is 0 Å². The second kappa shape index (κ2) is 8.22. The molecule has 0 bridgehead atoms. The number of fused-ring (bicyclic) bond motifs is 1. The van der Waals surface area contributed by atoms with Crippen LogP contribution in [-0.2, 0) is 16.1 Å². The molecule has 4 amide bonds. The number of imide groups is 1. The number of methoxy groups -OCH3 is 1. The van der Waals surface area contributed by atoms with Gasteiger partial charge in [-0.05, 0) is 43.2 Å². The first-order chi connectivity index (χ1) is 14.9. The molecule has 2 aromatic rings. The van der Waals surface area contributed by atoms with E-state index in [9.17, 15) is 19.2 Å². The third-order valence-electron chi connectivity index (χ3n) is 5.74. The first-order valence-corrected chi connectivity index (χ1v) is 10.1. The van der Waals surface area contributed by atoms with Crippen molar-refractivity contribution in [1.82, 2.24) is 15.5 Å². The van der Waals surface area contributed by atoms with Crippen molar-refractivity contribution in [2.24, 2.45) is 0 Å². The number of hydrogen-bond acceptors (Lipinski definition) is 5. The van der Waals surface area contributed by atoms with E-state index in [1.165, 1.54) is 4.90 Å². The normalized spacial score (nSPS) is 19.0. The zero-order chi connectivity index (χ0) is 22.1. The molecular weight excluding hydrogens is 398 g/mol. The van der Waals surface area contributed by atoms with Crippen LogP contribution in [0, 0.1) is 0 Å². The van der Waals surface area contributed by atoms with Crippen molar-refractivity contribution in [1.29, 1.82) is 0 Å². The summed E-state index contributed by atoms with van der Waals surface area (Å²) in [6.45, 7) is 2.10. The number of benzene rings is 2. The molecule has 2 N–H and O–H groups in total. The Hall–Kier alpha value is -3.68. The maximum atomic E-state index is 12.8. The van der Waals surface area contributed by atoms with Crippen LogP contribution in [-0.4, -0.2) is 41.7 Å². The predicted molar refractivity (Wildman–Crippen MR) is 111 cm³/mol. The molecule has 0 radical (unpaired) electrons. The molecule has 2 aromatic carbocycles. The van der Waals surface area contributed by atoms with E-state index in [1.54, 1.807) is 25.3 Å². The number of nitrogens with one attached hydrogen (secondary N) is 2. The van der Waals surface area contributed by atoms with E-state index in [2.05, 4.69) is 10.6 Å². The Morgan fingerprint density at radius 2 is 1.97 bits per heavy atom. The fourth-order valence-electron chi connectivity index (χ4n) is 4.10. The van der Waals surface area contributed by atoms with E-state index in [0.29, 0.717) is 28.9 Å². The third-order valence-corrected chi connectivity index (χ3v) is 5.74. The van der Waals surface area contributed by atoms with Gasteiger partial charge in [0.05, 0.1) is 13.2 Å². The molecule has 8 nitrogen and oxygen atoms in total. The standard InChI is InChI=1S/C23H23N3O5/c1-13(16-5-3-4-6-19(16)31-2)24-21(28)14-7-8-17-15(11-14)12-26(23(17)30)18-9-10-20(27)25-22(18)29/h3-8,11,13,18H,9-10,12H2,1-2H3,(H,24,28)(H,25,27,29)/t13-,18?/m0/s1. The van der Waals surface area contributed by atoms with Gasteiger partial charge in [-0.1, -0.05) is 18.2 Å². The van der Waals surface area contributed by atoms with E-state index in [1.807, 2.05) is 31.2 Å². The van der Waals surface area contributed by atoms with Crippen LogP contribution >= 0.6 is 0 Å². The molecule has 2 heterocycles. The quantitative estimate of drug-likeness (QED) is 0.718. The first-order valence-electron chi connectivity index (χ1n) is 10.1. The zero-order valence-corrected chi connectivity index (χ0v) is 17.3. The molecule has 0 aliphatic carbocycles. The summed E-state index contributed by atoms with van der Waals surface area (Å²) in [6.07, 6.45) is 0.499. The lowest BCUT2D eigenvalue weighted by Crippen LogP contribution is -2.52. The van der Waals surface area contributed by atoms with Gasteiger partial charge in [0.15, 0.2) is 0 Å². The summed E-state index contributed by atoms with van der Waals surface area (Å²) in [7, 11) is 1.58. The second-order valence-electron chi connectivity index (χ2n) is 7.71. The van der Waals surface area contributed by atoms with Crippen LogP contribution in [0.15, 0.2) is 42.5 Å². The highest BCUT2D eigenvalue weighted by atomic mass is 16.5. The molecule has 4 rings (SSSR count). The number of piperidine rings is 1. The number of para-hydroxylation sites is 1. The maximum absolute atomic E-state index is 12.8. The minimum absolute atomic E-state index is 0.199. The van der Waals surface area contributed by atoms with Gasteiger partial charge >= 0.3 is 0 Å². The molecule has 0 aromatic heterocycles. The van der Waals surface area contributed by atoms with Gasteiger partial charge in [-0.15, -0.1) is 0 Å². The molecule has 1 unspecified atom stereocenters. The largest absolute Gasteiger partial charge is 0.496 e. The van der Waals surface area contributed by atoms with Crippen LogP contribution in [0.1, 0.15) is 57.7 Å². The number of carbonyl (C=O) groups is 4. The maximum Gasteiger partial charge on any atom is 0.255 e. The van der Waals surface area contributed by atoms with E-state index < -0.39 is 11.9 Å². The van der Waals surface area contributed by atoms with Crippen molar-refractivity contribution >= 4 is 23.6 Å². The van der Waals surface area contributed by atoms with Crippen molar-refractivity contribution in [2.45, 2.75) is 38.4 Å². The van der Waals surface area contributed by atoms with Crippen molar-refractivity contribution in [3.05, 3.63) is 64.7 Å².